The van der Waals surface area contributed by atoms with Crippen LogP contribution in [0, 0.1) is 11.8 Å². The molecule has 23 heavy (non-hydrogen) atoms. The summed E-state index contributed by atoms with van der Waals surface area (Å²) in [7, 11) is 3.30. The largest absolute Gasteiger partial charge is 0.481 e. The van der Waals surface area contributed by atoms with E-state index in [0.717, 1.165) is 0 Å². The fraction of sp³-hybridized carbons (Fsp3) is 0.714. The Bertz CT molecular complexity index is 387. The molecule has 0 saturated carbocycles. The molecule has 0 saturated heterocycles. The molecule has 0 aromatic carbocycles. The van der Waals surface area contributed by atoms with Gasteiger partial charge in [0.2, 0.25) is 0 Å². The number of carboxylic acids is 2. The lowest BCUT2D eigenvalue weighted by atomic mass is 10.0. The van der Waals surface area contributed by atoms with Gasteiger partial charge in [0.1, 0.15) is 0 Å². The second kappa shape index (κ2) is 11.6. The summed E-state index contributed by atoms with van der Waals surface area (Å²) in [5.41, 5.74) is 0. The number of rotatable bonds is 12. The van der Waals surface area contributed by atoms with Crippen LogP contribution in [0.4, 0.5) is 0 Å². The zero-order chi connectivity index (χ0) is 17.8. The van der Waals surface area contributed by atoms with Crippen LogP contribution < -0.4 is 10.6 Å². The van der Waals surface area contributed by atoms with Gasteiger partial charge in [0.05, 0.1) is 24.7 Å². The lowest BCUT2D eigenvalue weighted by molar-refractivity contribution is -0.164. The van der Waals surface area contributed by atoms with Crippen LogP contribution in [-0.2, 0) is 23.9 Å². The summed E-state index contributed by atoms with van der Waals surface area (Å²) in [5.74, 6) is -6.14. The minimum absolute atomic E-state index is 0.217. The molecular formula is C14H24N2O7. The van der Waals surface area contributed by atoms with Gasteiger partial charge in [-0.25, -0.2) is 0 Å². The number of hydrogen-bond donors (Lipinski definition) is 4. The minimum atomic E-state index is -1.15. The Labute approximate surface area is 134 Å². The van der Waals surface area contributed by atoms with Crippen molar-refractivity contribution in [2.24, 2.45) is 11.8 Å². The van der Waals surface area contributed by atoms with Crippen LogP contribution in [0.15, 0.2) is 0 Å². The van der Waals surface area contributed by atoms with E-state index in [1.807, 2.05) is 0 Å². The SMILES string of the molecule is CNCCC(CC(=O)OC(=O)CC(CCNC)C(=O)O)C(=O)O. The number of ether oxygens (including phenoxy) is 1. The Morgan fingerprint density at radius 3 is 1.43 bits per heavy atom. The van der Waals surface area contributed by atoms with E-state index in [1.54, 1.807) is 14.1 Å². The van der Waals surface area contributed by atoms with Gasteiger partial charge in [0.15, 0.2) is 0 Å². The second-order valence-corrected chi connectivity index (χ2v) is 5.11. The van der Waals surface area contributed by atoms with Gasteiger partial charge in [0, 0.05) is 0 Å². The van der Waals surface area contributed by atoms with Gasteiger partial charge < -0.3 is 25.6 Å². The van der Waals surface area contributed by atoms with Gasteiger partial charge in [-0.3, -0.25) is 19.2 Å². The number of esters is 2. The van der Waals surface area contributed by atoms with Crippen LogP contribution in [0.5, 0.6) is 0 Å². The quantitative estimate of drug-likeness (QED) is 0.273. The summed E-state index contributed by atoms with van der Waals surface area (Å²) in [5, 5.41) is 23.5. The summed E-state index contributed by atoms with van der Waals surface area (Å²) in [6.45, 7) is 0.812. The smallest absolute Gasteiger partial charge is 0.314 e. The van der Waals surface area contributed by atoms with Crippen LogP contribution in [0.1, 0.15) is 25.7 Å². The first kappa shape index (κ1) is 21.0. The number of carbonyl (C=O) groups excluding carboxylic acids is 2. The number of aliphatic carboxylic acids is 2. The van der Waals surface area contributed by atoms with E-state index >= 15 is 0 Å². The average molecular weight is 332 g/mol. The van der Waals surface area contributed by atoms with Gasteiger partial charge in [-0.05, 0) is 40.0 Å². The number of carbonyl (C=O) groups is 4. The molecule has 9 heteroatoms. The van der Waals surface area contributed by atoms with E-state index < -0.39 is 48.6 Å². The Morgan fingerprint density at radius 1 is 0.826 bits per heavy atom. The van der Waals surface area contributed by atoms with Gasteiger partial charge in [-0.1, -0.05) is 0 Å². The molecule has 0 fully saturated rings. The van der Waals surface area contributed by atoms with Gasteiger partial charge in [-0.2, -0.15) is 0 Å². The molecule has 0 aliphatic carbocycles. The van der Waals surface area contributed by atoms with Crippen LogP contribution in [-0.4, -0.2) is 61.3 Å². The summed E-state index contributed by atoms with van der Waals surface area (Å²) < 4.78 is 4.53. The highest BCUT2D eigenvalue weighted by Crippen LogP contribution is 2.13. The van der Waals surface area contributed by atoms with Crippen molar-refractivity contribution < 1.29 is 34.1 Å². The number of nitrogens with one attached hydrogen (secondary N) is 2. The Balaban J connectivity index is 4.42. The first-order chi connectivity index (χ1) is 10.8. The molecule has 0 radical (unpaired) electrons. The predicted molar refractivity (Wildman–Crippen MR) is 79.7 cm³/mol. The lowest BCUT2D eigenvalue weighted by Crippen LogP contribution is -2.27. The molecule has 9 nitrogen and oxygen atoms in total. The van der Waals surface area contributed by atoms with E-state index in [4.69, 9.17) is 10.2 Å². The Kier molecular flexibility index (Phi) is 10.5. The first-order valence-corrected chi connectivity index (χ1v) is 7.30. The van der Waals surface area contributed by atoms with E-state index in [1.165, 1.54) is 0 Å². The topological polar surface area (TPSA) is 142 Å². The molecule has 2 atom stereocenters. The Hall–Kier alpha value is -2.00. The highest BCUT2D eigenvalue weighted by Gasteiger charge is 2.26. The fourth-order valence-electron chi connectivity index (χ4n) is 1.88. The van der Waals surface area contributed by atoms with Crippen molar-refractivity contribution in [1.29, 1.82) is 0 Å². The van der Waals surface area contributed by atoms with Crippen molar-refractivity contribution in [3.05, 3.63) is 0 Å². The molecule has 0 rings (SSSR count). The second-order valence-electron chi connectivity index (χ2n) is 5.11. The van der Waals surface area contributed by atoms with E-state index in [0.29, 0.717) is 13.1 Å². The third-order valence-electron chi connectivity index (χ3n) is 3.24. The van der Waals surface area contributed by atoms with Crippen molar-refractivity contribution in [3.63, 3.8) is 0 Å². The van der Waals surface area contributed by atoms with Crippen LogP contribution >= 0.6 is 0 Å². The molecule has 0 bridgehead atoms. The number of hydrogen-bond acceptors (Lipinski definition) is 7. The molecular weight excluding hydrogens is 308 g/mol. The third-order valence-corrected chi connectivity index (χ3v) is 3.24. The molecule has 0 amide bonds. The molecule has 4 N–H and O–H groups in total. The molecule has 0 heterocycles. The lowest BCUT2D eigenvalue weighted by Gasteiger charge is -2.13. The zero-order valence-corrected chi connectivity index (χ0v) is 13.3. The van der Waals surface area contributed by atoms with Crippen LogP contribution in [0.2, 0.25) is 0 Å². The van der Waals surface area contributed by atoms with Gasteiger partial charge in [-0.15, -0.1) is 0 Å². The van der Waals surface area contributed by atoms with Crippen molar-refractivity contribution >= 4 is 23.9 Å². The van der Waals surface area contributed by atoms with Crippen molar-refractivity contribution in [2.45, 2.75) is 25.7 Å². The molecule has 132 valence electrons. The maximum absolute atomic E-state index is 11.6. The molecule has 0 aliphatic heterocycles. The van der Waals surface area contributed by atoms with Crippen molar-refractivity contribution in [2.75, 3.05) is 27.2 Å². The minimum Gasteiger partial charge on any atom is -0.481 e. The van der Waals surface area contributed by atoms with E-state index in [-0.39, 0.29) is 12.8 Å². The summed E-state index contributed by atoms with van der Waals surface area (Å²) in [4.78, 5) is 45.2. The van der Waals surface area contributed by atoms with Crippen molar-refractivity contribution in [1.82, 2.24) is 10.6 Å². The van der Waals surface area contributed by atoms with Gasteiger partial charge in [0.25, 0.3) is 0 Å². The van der Waals surface area contributed by atoms with Gasteiger partial charge >= 0.3 is 23.9 Å². The standard InChI is InChI=1S/C14H24N2O7/c1-15-5-3-9(13(19)20)7-11(17)23-12(18)8-10(14(21)22)4-6-16-2/h9-10,15-16H,3-8H2,1-2H3,(H,19,20)(H,21,22). The normalized spacial score (nSPS) is 13.1. The Morgan fingerprint density at radius 2 is 1.17 bits per heavy atom. The maximum atomic E-state index is 11.6. The molecule has 2 unspecified atom stereocenters. The molecule has 0 spiro atoms. The summed E-state index contributed by atoms with van der Waals surface area (Å²) in [6.07, 6.45) is -0.432. The van der Waals surface area contributed by atoms with E-state index in [9.17, 15) is 19.2 Å². The monoisotopic (exact) mass is 332 g/mol. The summed E-state index contributed by atoms with van der Waals surface area (Å²) >= 11 is 0. The molecule has 0 aromatic rings. The van der Waals surface area contributed by atoms with Crippen molar-refractivity contribution in [3.8, 4) is 0 Å². The fourth-order valence-corrected chi connectivity index (χ4v) is 1.88. The first-order valence-electron chi connectivity index (χ1n) is 7.30. The highest BCUT2D eigenvalue weighted by atomic mass is 16.6. The maximum Gasteiger partial charge on any atom is 0.314 e. The third kappa shape index (κ3) is 9.59. The van der Waals surface area contributed by atoms with Crippen LogP contribution in [0.3, 0.4) is 0 Å². The van der Waals surface area contributed by atoms with Crippen LogP contribution in [0.25, 0.3) is 0 Å². The summed E-state index contributed by atoms with van der Waals surface area (Å²) in [6, 6.07) is 0. The highest BCUT2D eigenvalue weighted by molar-refractivity contribution is 5.89. The molecule has 0 aliphatic rings. The average Bonchev–Trinajstić information content (AvgIpc) is 2.46. The van der Waals surface area contributed by atoms with E-state index in [2.05, 4.69) is 15.4 Å². The number of carboxylic acid groups (broad SMARTS) is 2. The molecule has 0 aromatic heterocycles. The predicted octanol–water partition coefficient (Wildman–Crippen LogP) is -0.543. The zero-order valence-electron chi connectivity index (χ0n) is 13.3.